The standard InChI is InChI=1S/C15H19N3O/c1-9(2)13-7-10(3)17-15(18-13)11-5-6-14(19-4)12(16)8-11/h5-9H,16H2,1-4H3. The van der Waals surface area contributed by atoms with Crippen molar-refractivity contribution >= 4 is 5.69 Å². The number of ether oxygens (including phenoxy) is 1. The fourth-order valence-electron chi connectivity index (χ4n) is 1.89. The molecule has 19 heavy (non-hydrogen) atoms. The quantitative estimate of drug-likeness (QED) is 0.858. The number of nitrogens with zero attached hydrogens (tertiary/aromatic N) is 2. The third kappa shape index (κ3) is 2.84. The van der Waals surface area contributed by atoms with E-state index in [0.717, 1.165) is 17.0 Å². The van der Waals surface area contributed by atoms with Crippen LogP contribution in [0, 0.1) is 6.92 Å². The van der Waals surface area contributed by atoms with Crippen molar-refractivity contribution in [3.63, 3.8) is 0 Å². The maximum atomic E-state index is 5.92. The number of hydrogen-bond donors (Lipinski definition) is 1. The van der Waals surface area contributed by atoms with E-state index < -0.39 is 0 Å². The Morgan fingerprint density at radius 3 is 2.47 bits per heavy atom. The lowest BCUT2D eigenvalue weighted by Gasteiger charge is -2.10. The molecule has 2 N–H and O–H groups in total. The van der Waals surface area contributed by atoms with Gasteiger partial charge in [-0.2, -0.15) is 0 Å². The minimum absolute atomic E-state index is 0.371. The summed E-state index contributed by atoms with van der Waals surface area (Å²) in [5, 5.41) is 0. The Hall–Kier alpha value is -2.10. The number of rotatable bonds is 3. The van der Waals surface area contributed by atoms with E-state index in [1.165, 1.54) is 0 Å². The molecule has 0 saturated heterocycles. The van der Waals surface area contributed by atoms with Crippen molar-refractivity contribution in [1.29, 1.82) is 0 Å². The highest BCUT2D eigenvalue weighted by atomic mass is 16.5. The van der Waals surface area contributed by atoms with Crippen molar-refractivity contribution in [2.75, 3.05) is 12.8 Å². The van der Waals surface area contributed by atoms with Crippen LogP contribution in [-0.2, 0) is 0 Å². The Bertz CT molecular complexity index is 594. The zero-order valence-corrected chi connectivity index (χ0v) is 11.8. The van der Waals surface area contributed by atoms with Crippen molar-refractivity contribution in [2.24, 2.45) is 0 Å². The third-order valence-electron chi connectivity index (χ3n) is 2.95. The number of nitrogen functional groups attached to an aromatic ring is 1. The van der Waals surface area contributed by atoms with E-state index in [4.69, 9.17) is 10.5 Å². The van der Waals surface area contributed by atoms with Crippen LogP contribution in [0.25, 0.3) is 11.4 Å². The Kier molecular flexibility index (Phi) is 3.69. The fraction of sp³-hybridized carbons (Fsp3) is 0.333. The number of aryl methyl sites for hydroxylation is 1. The molecule has 1 aromatic heterocycles. The Morgan fingerprint density at radius 1 is 1.16 bits per heavy atom. The van der Waals surface area contributed by atoms with Crippen LogP contribution in [0.3, 0.4) is 0 Å². The van der Waals surface area contributed by atoms with Gasteiger partial charge in [-0.25, -0.2) is 9.97 Å². The highest BCUT2D eigenvalue weighted by Gasteiger charge is 2.09. The summed E-state index contributed by atoms with van der Waals surface area (Å²) in [6.07, 6.45) is 0. The number of nitrogens with two attached hydrogens (primary N) is 1. The molecule has 4 nitrogen and oxygen atoms in total. The summed E-state index contributed by atoms with van der Waals surface area (Å²) in [5.74, 6) is 1.74. The smallest absolute Gasteiger partial charge is 0.159 e. The van der Waals surface area contributed by atoms with Crippen LogP contribution in [0.15, 0.2) is 24.3 Å². The first-order valence-corrected chi connectivity index (χ1v) is 6.30. The van der Waals surface area contributed by atoms with E-state index in [0.29, 0.717) is 23.2 Å². The number of hydrogen-bond acceptors (Lipinski definition) is 4. The molecule has 0 fully saturated rings. The molecule has 100 valence electrons. The molecule has 0 unspecified atom stereocenters. The summed E-state index contributed by atoms with van der Waals surface area (Å²) in [6, 6.07) is 7.62. The molecule has 0 aliphatic rings. The molecule has 0 aliphatic carbocycles. The molecule has 1 heterocycles. The lowest BCUT2D eigenvalue weighted by molar-refractivity contribution is 0.417. The minimum atomic E-state index is 0.371. The highest BCUT2D eigenvalue weighted by Crippen LogP contribution is 2.27. The van der Waals surface area contributed by atoms with Gasteiger partial charge in [-0.1, -0.05) is 13.8 Å². The van der Waals surface area contributed by atoms with Gasteiger partial charge in [-0.05, 0) is 37.1 Å². The Labute approximate surface area is 113 Å². The van der Waals surface area contributed by atoms with Gasteiger partial charge in [0, 0.05) is 17.0 Å². The van der Waals surface area contributed by atoms with Gasteiger partial charge in [0.15, 0.2) is 5.82 Å². The van der Waals surface area contributed by atoms with Gasteiger partial charge in [0.1, 0.15) is 5.75 Å². The second-order valence-electron chi connectivity index (χ2n) is 4.87. The van der Waals surface area contributed by atoms with Crippen LogP contribution in [0.5, 0.6) is 5.75 Å². The lowest BCUT2D eigenvalue weighted by atomic mass is 10.1. The van der Waals surface area contributed by atoms with Gasteiger partial charge in [0.05, 0.1) is 12.8 Å². The van der Waals surface area contributed by atoms with Crippen molar-refractivity contribution in [2.45, 2.75) is 26.7 Å². The van der Waals surface area contributed by atoms with E-state index in [1.807, 2.05) is 31.2 Å². The van der Waals surface area contributed by atoms with Gasteiger partial charge in [-0.15, -0.1) is 0 Å². The van der Waals surface area contributed by atoms with Crippen LogP contribution >= 0.6 is 0 Å². The van der Waals surface area contributed by atoms with Crippen molar-refractivity contribution in [3.8, 4) is 17.1 Å². The topological polar surface area (TPSA) is 61.0 Å². The van der Waals surface area contributed by atoms with Crippen LogP contribution in [0.4, 0.5) is 5.69 Å². The maximum Gasteiger partial charge on any atom is 0.159 e. The van der Waals surface area contributed by atoms with E-state index in [-0.39, 0.29) is 0 Å². The average Bonchev–Trinajstić information content (AvgIpc) is 2.37. The Balaban J connectivity index is 2.49. The number of aromatic nitrogens is 2. The number of methoxy groups -OCH3 is 1. The first kappa shape index (κ1) is 13.3. The van der Waals surface area contributed by atoms with Gasteiger partial charge < -0.3 is 10.5 Å². The molecular weight excluding hydrogens is 238 g/mol. The van der Waals surface area contributed by atoms with Crippen LogP contribution in [0.2, 0.25) is 0 Å². The first-order valence-electron chi connectivity index (χ1n) is 6.30. The zero-order chi connectivity index (χ0) is 14.0. The lowest BCUT2D eigenvalue weighted by Crippen LogP contribution is -2.00. The summed E-state index contributed by atoms with van der Waals surface area (Å²) in [5.41, 5.74) is 9.42. The summed E-state index contributed by atoms with van der Waals surface area (Å²) >= 11 is 0. The van der Waals surface area contributed by atoms with Gasteiger partial charge >= 0.3 is 0 Å². The minimum Gasteiger partial charge on any atom is -0.495 e. The van der Waals surface area contributed by atoms with E-state index in [9.17, 15) is 0 Å². The molecule has 0 radical (unpaired) electrons. The number of anilines is 1. The van der Waals surface area contributed by atoms with Crippen molar-refractivity contribution in [3.05, 3.63) is 35.7 Å². The van der Waals surface area contributed by atoms with Gasteiger partial charge in [0.2, 0.25) is 0 Å². The molecule has 2 aromatic rings. The second-order valence-corrected chi connectivity index (χ2v) is 4.87. The average molecular weight is 257 g/mol. The summed E-state index contributed by atoms with van der Waals surface area (Å²) in [7, 11) is 1.60. The molecule has 4 heteroatoms. The zero-order valence-electron chi connectivity index (χ0n) is 11.8. The predicted octanol–water partition coefficient (Wildman–Crippen LogP) is 3.17. The van der Waals surface area contributed by atoms with Crippen molar-refractivity contribution in [1.82, 2.24) is 9.97 Å². The molecular formula is C15H19N3O. The van der Waals surface area contributed by atoms with Crippen molar-refractivity contribution < 1.29 is 4.74 Å². The summed E-state index contributed by atoms with van der Waals surface area (Å²) < 4.78 is 5.16. The molecule has 1 aromatic carbocycles. The summed E-state index contributed by atoms with van der Waals surface area (Å²) in [4.78, 5) is 9.07. The SMILES string of the molecule is COc1ccc(-c2nc(C)cc(C(C)C)n2)cc1N. The highest BCUT2D eigenvalue weighted by molar-refractivity contribution is 5.66. The monoisotopic (exact) mass is 257 g/mol. The molecule has 0 spiro atoms. The normalized spacial score (nSPS) is 10.8. The van der Waals surface area contributed by atoms with E-state index in [1.54, 1.807) is 7.11 Å². The largest absolute Gasteiger partial charge is 0.495 e. The molecule has 0 aliphatic heterocycles. The maximum absolute atomic E-state index is 5.92. The Morgan fingerprint density at radius 2 is 1.89 bits per heavy atom. The second kappa shape index (κ2) is 5.26. The molecule has 0 amide bonds. The fourth-order valence-corrected chi connectivity index (χ4v) is 1.89. The molecule has 0 bridgehead atoms. The molecule has 0 atom stereocenters. The van der Waals surface area contributed by atoms with E-state index in [2.05, 4.69) is 23.8 Å². The first-order chi connectivity index (χ1) is 9.01. The van der Waals surface area contributed by atoms with Crippen LogP contribution in [-0.4, -0.2) is 17.1 Å². The van der Waals surface area contributed by atoms with E-state index >= 15 is 0 Å². The third-order valence-corrected chi connectivity index (χ3v) is 2.95. The van der Waals surface area contributed by atoms with Crippen LogP contribution in [0.1, 0.15) is 31.2 Å². The summed E-state index contributed by atoms with van der Waals surface area (Å²) in [6.45, 7) is 6.21. The number of benzene rings is 1. The van der Waals surface area contributed by atoms with Crippen LogP contribution < -0.4 is 10.5 Å². The van der Waals surface area contributed by atoms with Gasteiger partial charge in [-0.3, -0.25) is 0 Å². The molecule has 0 saturated carbocycles. The predicted molar refractivity (Wildman–Crippen MR) is 77.3 cm³/mol. The van der Waals surface area contributed by atoms with Gasteiger partial charge in [0.25, 0.3) is 0 Å². The molecule has 2 rings (SSSR count).